The van der Waals surface area contributed by atoms with Gasteiger partial charge >= 0.3 is 5.97 Å². The summed E-state index contributed by atoms with van der Waals surface area (Å²) >= 11 is 0. The fraction of sp³-hybridized carbons (Fsp3) is 0.500. The van der Waals surface area contributed by atoms with E-state index >= 15 is 0 Å². The van der Waals surface area contributed by atoms with Crippen LogP contribution in [0.15, 0.2) is 30.3 Å². The molecule has 5 nitrogen and oxygen atoms in total. The minimum absolute atomic E-state index is 0.0552. The molecule has 1 amide bonds. The Morgan fingerprint density at radius 1 is 1.29 bits per heavy atom. The van der Waals surface area contributed by atoms with Gasteiger partial charge in [0.25, 0.3) is 0 Å². The third kappa shape index (κ3) is 5.95. The smallest absolute Gasteiger partial charge is 0.312 e. The fourth-order valence-corrected chi connectivity index (χ4v) is 1.86. The van der Waals surface area contributed by atoms with Crippen molar-refractivity contribution in [1.29, 1.82) is 0 Å². The lowest BCUT2D eigenvalue weighted by molar-refractivity contribution is -0.139. The largest absolute Gasteiger partial charge is 0.481 e. The van der Waals surface area contributed by atoms with E-state index in [9.17, 15) is 14.7 Å². The van der Waals surface area contributed by atoms with Crippen molar-refractivity contribution < 1.29 is 19.4 Å². The van der Waals surface area contributed by atoms with Gasteiger partial charge in [-0.1, -0.05) is 43.7 Å². The minimum Gasteiger partial charge on any atom is -0.481 e. The summed E-state index contributed by atoms with van der Waals surface area (Å²) in [5.41, 5.74) is 0.671. The molecule has 1 rings (SSSR count). The van der Waals surface area contributed by atoms with E-state index in [1.54, 1.807) is 31.2 Å². The second-order valence-corrected chi connectivity index (χ2v) is 4.91. The summed E-state index contributed by atoms with van der Waals surface area (Å²) in [5.74, 6) is -1.99. The van der Waals surface area contributed by atoms with Gasteiger partial charge in [0.1, 0.15) is 6.10 Å². The Kier molecular flexibility index (Phi) is 7.46. The maximum absolute atomic E-state index is 11.9. The van der Waals surface area contributed by atoms with Crippen LogP contribution in [-0.2, 0) is 14.3 Å². The highest BCUT2D eigenvalue weighted by atomic mass is 16.5. The normalized spacial score (nSPS) is 13.4. The number of unbranched alkanes of at least 4 members (excludes halogenated alkanes) is 1. The van der Waals surface area contributed by atoms with Crippen LogP contribution in [0, 0.1) is 0 Å². The third-order valence-corrected chi connectivity index (χ3v) is 3.22. The molecule has 0 aromatic heterocycles. The maximum Gasteiger partial charge on any atom is 0.312 e. The second kappa shape index (κ2) is 9.13. The van der Waals surface area contributed by atoms with Crippen LogP contribution in [0.5, 0.6) is 0 Å². The average molecular weight is 293 g/mol. The molecule has 0 saturated carbocycles. The summed E-state index contributed by atoms with van der Waals surface area (Å²) < 4.78 is 5.38. The van der Waals surface area contributed by atoms with Gasteiger partial charge in [-0.2, -0.15) is 0 Å². The van der Waals surface area contributed by atoms with Crippen molar-refractivity contribution in [2.75, 3.05) is 13.2 Å². The quantitative estimate of drug-likeness (QED) is 0.684. The molecule has 0 bridgehead atoms. The van der Waals surface area contributed by atoms with Crippen LogP contribution in [0.25, 0.3) is 0 Å². The summed E-state index contributed by atoms with van der Waals surface area (Å²) in [5, 5.41) is 11.9. The topological polar surface area (TPSA) is 75.6 Å². The first-order chi connectivity index (χ1) is 10.1. The number of ether oxygens (including phenoxy) is 1. The zero-order chi connectivity index (χ0) is 15.7. The number of nitrogens with one attached hydrogen (secondary N) is 1. The molecule has 0 fully saturated rings. The zero-order valence-corrected chi connectivity index (χ0v) is 12.5. The van der Waals surface area contributed by atoms with E-state index in [4.69, 9.17) is 4.74 Å². The monoisotopic (exact) mass is 293 g/mol. The summed E-state index contributed by atoms with van der Waals surface area (Å²) in [7, 11) is 0. The van der Waals surface area contributed by atoms with Gasteiger partial charge in [0.2, 0.25) is 5.91 Å². The van der Waals surface area contributed by atoms with Crippen molar-refractivity contribution in [3.63, 3.8) is 0 Å². The molecule has 0 aliphatic rings. The standard InChI is InChI=1S/C16H23NO4/c1-3-4-10-21-12(2)15(18)17-11-14(16(19)20)13-8-6-5-7-9-13/h5-9,12,14H,3-4,10-11H2,1-2H3,(H,17,18)(H,19,20). The lowest BCUT2D eigenvalue weighted by Gasteiger charge is -2.17. The number of rotatable bonds is 9. The second-order valence-electron chi connectivity index (χ2n) is 4.91. The highest BCUT2D eigenvalue weighted by molar-refractivity contribution is 5.82. The van der Waals surface area contributed by atoms with E-state index in [-0.39, 0.29) is 12.5 Å². The van der Waals surface area contributed by atoms with Gasteiger partial charge < -0.3 is 15.2 Å². The fourth-order valence-electron chi connectivity index (χ4n) is 1.86. The SMILES string of the molecule is CCCCOC(C)C(=O)NCC(C(=O)O)c1ccccc1. The van der Waals surface area contributed by atoms with Crippen LogP contribution in [0.1, 0.15) is 38.2 Å². The Labute approximate surface area is 125 Å². The predicted molar refractivity (Wildman–Crippen MR) is 80.2 cm³/mol. The van der Waals surface area contributed by atoms with E-state index in [1.807, 2.05) is 13.0 Å². The molecule has 2 atom stereocenters. The van der Waals surface area contributed by atoms with Crippen molar-refractivity contribution in [2.24, 2.45) is 0 Å². The van der Waals surface area contributed by atoms with E-state index < -0.39 is 18.0 Å². The first-order valence-electron chi connectivity index (χ1n) is 7.23. The van der Waals surface area contributed by atoms with Gasteiger partial charge in [0.05, 0.1) is 5.92 Å². The maximum atomic E-state index is 11.9. The number of amides is 1. The van der Waals surface area contributed by atoms with Gasteiger partial charge in [-0.15, -0.1) is 0 Å². The van der Waals surface area contributed by atoms with Crippen molar-refractivity contribution in [3.05, 3.63) is 35.9 Å². The summed E-state index contributed by atoms with van der Waals surface area (Å²) in [4.78, 5) is 23.2. The Balaban J connectivity index is 2.50. The van der Waals surface area contributed by atoms with Crippen molar-refractivity contribution >= 4 is 11.9 Å². The molecular formula is C16H23NO4. The number of benzene rings is 1. The lowest BCUT2D eigenvalue weighted by atomic mass is 9.99. The lowest BCUT2D eigenvalue weighted by Crippen LogP contribution is -2.38. The summed E-state index contributed by atoms with van der Waals surface area (Å²) in [6.45, 7) is 4.31. The molecule has 0 aliphatic carbocycles. The number of hydrogen-bond acceptors (Lipinski definition) is 3. The molecule has 5 heteroatoms. The molecule has 21 heavy (non-hydrogen) atoms. The van der Waals surface area contributed by atoms with Gasteiger partial charge in [-0.3, -0.25) is 9.59 Å². The minimum atomic E-state index is -0.957. The van der Waals surface area contributed by atoms with Gasteiger partial charge in [-0.05, 0) is 18.9 Å². The van der Waals surface area contributed by atoms with Crippen molar-refractivity contribution in [1.82, 2.24) is 5.32 Å². The number of carboxylic acid groups (broad SMARTS) is 1. The van der Waals surface area contributed by atoms with Crippen LogP contribution in [0.3, 0.4) is 0 Å². The summed E-state index contributed by atoms with van der Waals surface area (Å²) in [6, 6.07) is 8.87. The third-order valence-electron chi connectivity index (χ3n) is 3.22. The highest BCUT2D eigenvalue weighted by Crippen LogP contribution is 2.14. The van der Waals surface area contributed by atoms with Crippen LogP contribution in [-0.4, -0.2) is 36.2 Å². The number of carbonyl (C=O) groups excluding carboxylic acids is 1. The van der Waals surface area contributed by atoms with Gasteiger partial charge in [-0.25, -0.2) is 0 Å². The number of carboxylic acids is 1. The Morgan fingerprint density at radius 2 is 1.95 bits per heavy atom. The molecule has 2 N–H and O–H groups in total. The molecule has 0 aliphatic heterocycles. The number of aliphatic carboxylic acids is 1. The Morgan fingerprint density at radius 3 is 2.52 bits per heavy atom. The van der Waals surface area contributed by atoms with Gasteiger partial charge in [0.15, 0.2) is 0 Å². The number of carbonyl (C=O) groups is 2. The molecule has 1 aromatic rings. The van der Waals surface area contributed by atoms with Crippen molar-refractivity contribution in [2.45, 2.75) is 38.7 Å². The van der Waals surface area contributed by atoms with E-state index in [1.165, 1.54) is 0 Å². The molecule has 1 aromatic carbocycles. The first-order valence-corrected chi connectivity index (χ1v) is 7.23. The molecule has 116 valence electrons. The molecular weight excluding hydrogens is 270 g/mol. The van der Waals surface area contributed by atoms with Gasteiger partial charge in [0, 0.05) is 13.2 Å². The molecule has 0 saturated heterocycles. The van der Waals surface area contributed by atoms with Crippen LogP contribution in [0.4, 0.5) is 0 Å². The van der Waals surface area contributed by atoms with E-state index in [0.29, 0.717) is 12.2 Å². The Hall–Kier alpha value is -1.88. The van der Waals surface area contributed by atoms with E-state index in [0.717, 1.165) is 12.8 Å². The van der Waals surface area contributed by atoms with Crippen molar-refractivity contribution in [3.8, 4) is 0 Å². The molecule has 0 radical (unpaired) electrons. The highest BCUT2D eigenvalue weighted by Gasteiger charge is 2.22. The zero-order valence-electron chi connectivity index (χ0n) is 12.5. The average Bonchev–Trinajstić information content (AvgIpc) is 2.48. The predicted octanol–water partition coefficient (Wildman–Crippen LogP) is 2.18. The molecule has 0 spiro atoms. The molecule has 2 unspecified atom stereocenters. The van der Waals surface area contributed by atoms with Crippen LogP contribution < -0.4 is 5.32 Å². The number of hydrogen-bond donors (Lipinski definition) is 2. The van der Waals surface area contributed by atoms with Crippen LogP contribution >= 0.6 is 0 Å². The summed E-state index contributed by atoms with van der Waals surface area (Å²) in [6.07, 6.45) is 1.34. The Bertz CT molecular complexity index is 447. The first kappa shape index (κ1) is 17.2. The van der Waals surface area contributed by atoms with Crippen LogP contribution in [0.2, 0.25) is 0 Å². The molecule has 0 heterocycles. The van der Waals surface area contributed by atoms with E-state index in [2.05, 4.69) is 5.32 Å².